The molecule has 1 N–H and O–H groups in total. The van der Waals surface area contributed by atoms with Crippen LogP contribution in [-0.2, 0) is 0 Å². The van der Waals surface area contributed by atoms with Gasteiger partial charge in [-0.25, -0.2) is 4.79 Å². The smallest absolute Gasteiger partial charge is 0.324 e. The van der Waals surface area contributed by atoms with E-state index in [2.05, 4.69) is 16.4 Å². The molecule has 1 aliphatic rings. The molecule has 0 atom stereocenters. The van der Waals surface area contributed by atoms with Gasteiger partial charge < -0.3 is 10.2 Å². The minimum atomic E-state index is 0.0438. The zero-order valence-electron chi connectivity index (χ0n) is 14.4. The largest absolute Gasteiger partial charge is 0.355 e. The molecule has 0 bridgehead atoms. The fraction of sp³-hybridized carbons (Fsp3) is 0.200. The van der Waals surface area contributed by atoms with Crippen LogP contribution in [0.1, 0.15) is 5.69 Å². The van der Waals surface area contributed by atoms with Crippen molar-refractivity contribution in [3.8, 4) is 0 Å². The molecule has 3 aromatic rings. The maximum atomic E-state index is 12.2. The topological polar surface area (TPSA) is 48.5 Å². The molecule has 0 spiro atoms. The standard InChI is InChI=1S/C20H20N4O/c1-14-12-19(17-8-3-4-9-18(17)21-14)22-15-6-5-7-16(13-15)24-11-10-23(2)20(24)25/h3-9,12-13H,10-11H2,1-2H3,(H,21,22). The third-order valence-electron chi connectivity index (χ3n) is 4.50. The summed E-state index contributed by atoms with van der Waals surface area (Å²) in [4.78, 5) is 20.3. The van der Waals surface area contributed by atoms with E-state index in [0.717, 1.165) is 46.7 Å². The zero-order valence-corrected chi connectivity index (χ0v) is 14.4. The summed E-state index contributed by atoms with van der Waals surface area (Å²) >= 11 is 0. The number of urea groups is 1. The third kappa shape index (κ3) is 2.89. The van der Waals surface area contributed by atoms with Crippen molar-refractivity contribution < 1.29 is 4.79 Å². The molecule has 2 amide bonds. The molecule has 2 heterocycles. The van der Waals surface area contributed by atoms with Gasteiger partial charge >= 0.3 is 6.03 Å². The molecule has 4 rings (SSSR count). The second-order valence-electron chi connectivity index (χ2n) is 6.36. The fourth-order valence-corrected chi connectivity index (χ4v) is 3.21. The van der Waals surface area contributed by atoms with Crippen molar-refractivity contribution >= 4 is 34.0 Å². The molecule has 25 heavy (non-hydrogen) atoms. The second-order valence-corrected chi connectivity index (χ2v) is 6.36. The number of aromatic nitrogens is 1. The highest BCUT2D eigenvalue weighted by Gasteiger charge is 2.26. The molecule has 5 nitrogen and oxygen atoms in total. The minimum Gasteiger partial charge on any atom is -0.355 e. The Morgan fingerprint density at radius 2 is 1.88 bits per heavy atom. The van der Waals surface area contributed by atoms with Crippen LogP contribution in [0.3, 0.4) is 0 Å². The first kappa shape index (κ1) is 15.4. The van der Waals surface area contributed by atoms with Gasteiger partial charge in [-0.2, -0.15) is 0 Å². The summed E-state index contributed by atoms with van der Waals surface area (Å²) in [5.74, 6) is 0. The third-order valence-corrected chi connectivity index (χ3v) is 4.50. The van der Waals surface area contributed by atoms with Crippen LogP contribution in [0.5, 0.6) is 0 Å². The van der Waals surface area contributed by atoms with Crippen molar-refractivity contribution in [3.63, 3.8) is 0 Å². The number of carbonyl (C=O) groups excluding carboxylic acids is 1. The number of para-hydroxylation sites is 1. The lowest BCUT2D eigenvalue weighted by Crippen LogP contribution is -2.29. The van der Waals surface area contributed by atoms with E-state index in [1.165, 1.54) is 0 Å². The van der Waals surface area contributed by atoms with Crippen molar-refractivity contribution in [3.05, 3.63) is 60.3 Å². The molecule has 0 radical (unpaired) electrons. The summed E-state index contributed by atoms with van der Waals surface area (Å²) in [6, 6.07) is 18.1. The van der Waals surface area contributed by atoms with Crippen molar-refractivity contribution in [2.75, 3.05) is 30.4 Å². The summed E-state index contributed by atoms with van der Waals surface area (Å²) in [5.41, 5.74) is 4.82. The molecular weight excluding hydrogens is 312 g/mol. The summed E-state index contributed by atoms with van der Waals surface area (Å²) < 4.78 is 0. The van der Waals surface area contributed by atoms with Crippen LogP contribution in [-0.4, -0.2) is 36.1 Å². The summed E-state index contributed by atoms with van der Waals surface area (Å²) in [5, 5.41) is 4.57. The lowest BCUT2D eigenvalue weighted by molar-refractivity contribution is 0.229. The Labute approximate surface area is 146 Å². The number of nitrogens with one attached hydrogen (secondary N) is 1. The number of pyridine rings is 1. The number of hydrogen-bond donors (Lipinski definition) is 1. The number of rotatable bonds is 3. The Morgan fingerprint density at radius 3 is 2.68 bits per heavy atom. The highest BCUT2D eigenvalue weighted by Crippen LogP contribution is 2.29. The zero-order chi connectivity index (χ0) is 17.4. The Hall–Kier alpha value is -3.08. The van der Waals surface area contributed by atoms with E-state index in [1.54, 1.807) is 9.80 Å². The first-order valence-corrected chi connectivity index (χ1v) is 8.38. The average Bonchev–Trinajstić information content (AvgIpc) is 2.94. The van der Waals surface area contributed by atoms with Gasteiger partial charge in [-0.3, -0.25) is 9.88 Å². The molecule has 0 unspecified atom stereocenters. The number of aryl methyl sites for hydroxylation is 1. The van der Waals surface area contributed by atoms with E-state index in [9.17, 15) is 4.79 Å². The van der Waals surface area contributed by atoms with Crippen LogP contribution in [0.2, 0.25) is 0 Å². The van der Waals surface area contributed by atoms with Crippen LogP contribution in [0.25, 0.3) is 10.9 Å². The Kier molecular flexibility index (Phi) is 3.76. The number of likely N-dealkylation sites (N-methyl/N-ethyl adjacent to an activating group) is 1. The van der Waals surface area contributed by atoms with E-state index in [-0.39, 0.29) is 6.03 Å². The van der Waals surface area contributed by atoms with E-state index in [0.29, 0.717) is 0 Å². The fourth-order valence-electron chi connectivity index (χ4n) is 3.21. The van der Waals surface area contributed by atoms with E-state index in [4.69, 9.17) is 0 Å². The van der Waals surface area contributed by atoms with Gasteiger partial charge in [-0.15, -0.1) is 0 Å². The van der Waals surface area contributed by atoms with E-state index < -0.39 is 0 Å². The Balaban J connectivity index is 1.68. The molecule has 5 heteroatoms. The van der Waals surface area contributed by atoms with Crippen LogP contribution < -0.4 is 10.2 Å². The van der Waals surface area contributed by atoms with Crippen LogP contribution in [0.4, 0.5) is 21.9 Å². The quantitative estimate of drug-likeness (QED) is 0.783. The summed E-state index contributed by atoms with van der Waals surface area (Å²) in [7, 11) is 1.83. The highest BCUT2D eigenvalue weighted by atomic mass is 16.2. The van der Waals surface area contributed by atoms with Crippen LogP contribution >= 0.6 is 0 Å². The number of fused-ring (bicyclic) bond motifs is 1. The first-order chi connectivity index (χ1) is 12.1. The van der Waals surface area contributed by atoms with Gasteiger partial charge in [0.1, 0.15) is 0 Å². The molecule has 1 aromatic heterocycles. The van der Waals surface area contributed by atoms with Gasteiger partial charge in [0.25, 0.3) is 0 Å². The normalized spacial score (nSPS) is 14.4. The van der Waals surface area contributed by atoms with Crippen LogP contribution in [0, 0.1) is 6.92 Å². The second kappa shape index (κ2) is 6.09. The van der Waals surface area contributed by atoms with Crippen molar-refractivity contribution in [1.29, 1.82) is 0 Å². The molecule has 1 saturated heterocycles. The van der Waals surface area contributed by atoms with E-state index in [1.807, 2.05) is 62.5 Å². The Bertz CT molecular complexity index is 953. The van der Waals surface area contributed by atoms with E-state index >= 15 is 0 Å². The van der Waals surface area contributed by atoms with Crippen LogP contribution in [0.15, 0.2) is 54.6 Å². The monoisotopic (exact) mass is 332 g/mol. The van der Waals surface area contributed by atoms with Gasteiger partial charge in [0.2, 0.25) is 0 Å². The Morgan fingerprint density at radius 1 is 1.04 bits per heavy atom. The van der Waals surface area contributed by atoms with Gasteiger partial charge in [0.15, 0.2) is 0 Å². The lowest BCUT2D eigenvalue weighted by Gasteiger charge is -2.18. The maximum Gasteiger partial charge on any atom is 0.324 e. The number of anilines is 3. The van der Waals surface area contributed by atoms with Crippen molar-refractivity contribution in [2.45, 2.75) is 6.92 Å². The summed E-state index contributed by atoms with van der Waals surface area (Å²) in [6.45, 7) is 3.47. The molecule has 126 valence electrons. The molecule has 1 aliphatic heterocycles. The first-order valence-electron chi connectivity index (χ1n) is 8.38. The molecule has 2 aromatic carbocycles. The van der Waals surface area contributed by atoms with Gasteiger partial charge in [-0.05, 0) is 37.3 Å². The molecule has 0 aliphatic carbocycles. The predicted octanol–water partition coefficient (Wildman–Crippen LogP) is 4.16. The highest BCUT2D eigenvalue weighted by molar-refractivity contribution is 5.96. The molecule has 0 saturated carbocycles. The van der Waals surface area contributed by atoms with Crippen molar-refractivity contribution in [2.24, 2.45) is 0 Å². The van der Waals surface area contributed by atoms with Gasteiger partial charge in [-0.1, -0.05) is 24.3 Å². The molecular formula is C20H20N4O. The number of amides is 2. The van der Waals surface area contributed by atoms with Gasteiger partial charge in [0.05, 0.1) is 5.52 Å². The van der Waals surface area contributed by atoms with Crippen molar-refractivity contribution in [1.82, 2.24) is 9.88 Å². The summed E-state index contributed by atoms with van der Waals surface area (Å²) in [6.07, 6.45) is 0. The maximum absolute atomic E-state index is 12.2. The van der Waals surface area contributed by atoms with Gasteiger partial charge in [0, 0.05) is 48.3 Å². The molecule has 1 fully saturated rings. The lowest BCUT2D eigenvalue weighted by atomic mass is 10.1. The SMILES string of the molecule is Cc1cc(Nc2cccc(N3CCN(C)C3=O)c2)c2ccccc2n1. The minimum absolute atomic E-state index is 0.0438. The number of hydrogen-bond acceptors (Lipinski definition) is 3. The number of benzene rings is 2. The predicted molar refractivity (Wildman–Crippen MR) is 102 cm³/mol. The number of carbonyl (C=O) groups is 1. The average molecular weight is 332 g/mol. The number of nitrogens with zero attached hydrogens (tertiary/aromatic N) is 3.